The largest absolute Gasteiger partial charge is 0.511 e. The highest BCUT2D eigenvalue weighted by Gasteiger charge is 2.16. The number of carbonyl (C=O) groups excluding carboxylic acids is 1. The van der Waals surface area contributed by atoms with E-state index in [-0.39, 0.29) is 11.3 Å². The second-order valence-electron chi connectivity index (χ2n) is 2.59. The molecular formula is C10H9NO2S. The van der Waals surface area contributed by atoms with Gasteiger partial charge in [-0.15, -0.1) is 11.3 Å². The number of Topliss-reactive ketones (excluding diaryl/α,β-unsaturated/α-hetero) is 1. The minimum Gasteiger partial charge on any atom is -0.511 e. The Hall–Kier alpha value is -1.60. The van der Waals surface area contributed by atoms with Gasteiger partial charge in [0.05, 0.1) is 4.88 Å². The summed E-state index contributed by atoms with van der Waals surface area (Å²) in [6, 6.07) is 5.09. The van der Waals surface area contributed by atoms with Crippen molar-refractivity contribution in [3.8, 4) is 6.07 Å². The predicted molar refractivity (Wildman–Crippen MR) is 54.2 cm³/mol. The van der Waals surface area contributed by atoms with E-state index < -0.39 is 5.78 Å². The van der Waals surface area contributed by atoms with Crippen LogP contribution in [0.4, 0.5) is 0 Å². The van der Waals surface area contributed by atoms with Crippen LogP contribution in [0, 0.1) is 11.3 Å². The second kappa shape index (κ2) is 4.58. The van der Waals surface area contributed by atoms with E-state index in [0.717, 1.165) is 0 Å². The lowest BCUT2D eigenvalue weighted by Gasteiger charge is -1.98. The molecule has 14 heavy (non-hydrogen) atoms. The summed E-state index contributed by atoms with van der Waals surface area (Å²) in [7, 11) is 0. The first-order chi connectivity index (χ1) is 6.70. The van der Waals surface area contributed by atoms with Crippen LogP contribution in [0.25, 0.3) is 0 Å². The maximum Gasteiger partial charge on any atom is 0.216 e. The Labute approximate surface area is 85.9 Å². The molecule has 1 heterocycles. The zero-order valence-electron chi connectivity index (χ0n) is 7.65. The zero-order chi connectivity index (χ0) is 10.6. The summed E-state index contributed by atoms with van der Waals surface area (Å²) in [6.45, 7) is 1.69. The first-order valence-electron chi connectivity index (χ1n) is 4.11. The quantitative estimate of drug-likeness (QED) is 0.359. The normalized spacial score (nSPS) is 11.7. The van der Waals surface area contributed by atoms with Gasteiger partial charge in [0.15, 0.2) is 0 Å². The van der Waals surface area contributed by atoms with Gasteiger partial charge in [-0.2, -0.15) is 5.26 Å². The maximum atomic E-state index is 11.6. The molecule has 0 aromatic carbocycles. The lowest BCUT2D eigenvalue weighted by atomic mass is 10.1. The molecule has 4 heteroatoms. The van der Waals surface area contributed by atoms with Crippen LogP contribution in [-0.4, -0.2) is 10.9 Å². The molecule has 72 valence electrons. The molecule has 0 bridgehead atoms. The molecule has 0 aliphatic carbocycles. The van der Waals surface area contributed by atoms with E-state index in [1.165, 1.54) is 11.3 Å². The van der Waals surface area contributed by atoms with Gasteiger partial charge in [0.25, 0.3) is 0 Å². The molecule has 0 aliphatic heterocycles. The Bertz CT molecular complexity index is 398. The van der Waals surface area contributed by atoms with Gasteiger partial charge in [0.1, 0.15) is 17.4 Å². The van der Waals surface area contributed by atoms with Gasteiger partial charge in [-0.25, -0.2) is 0 Å². The van der Waals surface area contributed by atoms with Crippen LogP contribution in [0.5, 0.6) is 0 Å². The standard InChI is InChI=1S/C10H9NO2S/c1-2-8(12)7(6-11)10(13)9-4-3-5-14-9/h3-5,12H,2H2,1H3. The first-order valence-corrected chi connectivity index (χ1v) is 4.99. The number of allylic oxidation sites excluding steroid dienone is 2. The number of aliphatic hydroxyl groups is 1. The summed E-state index contributed by atoms with van der Waals surface area (Å²) >= 11 is 1.26. The van der Waals surface area contributed by atoms with Crippen molar-refractivity contribution in [1.29, 1.82) is 5.26 Å². The third-order valence-electron chi connectivity index (χ3n) is 1.71. The fourth-order valence-electron chi connectivity index (χ4n) is 0.954. The van der Waals surface area contributed by atoms with Crippen LogP contribution in [0.1, 0.15) is 23.0 Å². The van der Waals surface area contributed by atoms with Crippen molar-refractivity contribution in [2.45, 2.75) is 13.3 Å². The average Bonchev–Trinajstić information content (AvgIpc) is 2.71. The fraction of sp³-hybridized carbons (Fsp3) is 0.200. The Balaban J connectivity index is 3.06. The lowest BCUT2D eigenvalue weighted by Crippen LogP contribution is -2.02. The molecule has 1 aromatic rings. The first kappa shape index (κ1) is 10.5. The third kappa shape index (κ3) is 2.01. The van der Waals surface area contributed by atoms with Gasteiger partial charge >= 0.3 is 0 Å². The van der Waals surface area contributed by atoms with Crippen molar-refractivity contribution in [3.05, 3.63) is 33.7 Å². The number of carbonyl (C=O) groups is 1. The van der Waals surface area contributed by atoms with Gasteiger partial charge in [0.2, 0.25) is 5.78 Å². The van der Waals surface area contributed by atoms with Crippen LogP contribution in [-0.2, 0) is 0 Å². The molecule has 0 radical (unpaired) electrons. The molecule has 0 unspecified atom stereocenters. The number of hydrogen-bond acceptors (Lipinski definition) is 4. The Morgan fingerprint density at radius 2 is 2.43 bits per heavy atom. The van der Waals surface area contributed by atoms with Gasteiger partial charge in [-0.05, 0) is 11.4 Å². The van der Waals surface area contributed by atoms with Crippen molar-refractivity contribution in [2.24, 2.45) is 0 Å². The Morgan fingerprint density at radius 3 is 2.86 bits per heavy atom. The number of aliphatic hydroxyl groups excluding tert-OH is 1. The van der Waals surface area contributed by atoms with E-state index in [0.29, 0.717) is 11.3 Å². The maximum absolute atomic E-state index is 11.6. The van der Waals surface area contributed by atoms with Crippen LogP contribution < -0.4 is 0 Å². The summed E-state index contributed by atoms with van der Waals surface area (Å²) in [4.78, 5) is 12.1. The van der Waals surface area contributed by atoms with Crippen LogP contribution in [0.15, 0.2) is 28.8 Å². The summed E-state index contributed by atoms with van der Waals surface area (Å²) in [5, 5.41) is 19.8. The van der Waals surface area contributed by atoms with Crippen molar-refractivity contribution in [3.63, 3.8) is 0 Å². The molecule has 0 amide bonds. The third-order valence-corrected chi connectivity index (χ3v) is 2.58. The topological polar surface area (TPSA) is 61.1 Å². The average molecular weight is 207 g/mol. The van der Waals surface area contributed by atoms with Gasteiger partial charge in [-0.1, -0.05) is 13.0 Å². The number of rotatable bonds is 3. The molecule has 0 atom stereocenters. The van der Waals surface area contributed by atoms with Crippen molar-refractivity contribution in [2.75, 3.05) is 0 Å². The minimum absolute atomic E-state index is 0.147. The molecule has 0 saturated carbocycles. The fourth-order valence-corrected chi connectivity index (χ4v) is 1.62. The molecule has 0 aliphatic rings. The highest BCUT2D eigenvalue weighted by atomic mass is 32.1. The number of nitrogens with zero attached hydrogens (tertiary/aromatic N) is 1. The molecular weight excluding hydrogens is 198 g/mol. The SMILES string of the molecule is CCC(O)=C(C#N)C(=O)c1cccs1. The number of hydrogen-bond donors (Lipinski definition) is 1. The van der Waals surface area contributed by atoms with Crippen LogP contribution in [0.2, 0.25) is 0 Å². The van der Waals surface area contributed by atoms with Gasteiger partial charge < -0.3 is 5.11 Å². The van der Waals surface area contributed by atoms with Crippen molar-refractivity contribution in [1.82, 2.24) is 0 Å². The van der Waals surface area contributed by atoms with Crippen molar-refractivity contribution >= 4 is 17.1 Å². The second-order valence-corrected chi connectivity index (χ2v) is 3.54. The van der Waals surface area contributed by atoms with E-state index in [1.54, 1.807) is 30.5 Å². The molecule has 0 fully saturated rings. The van der Waals surface area contributed by atoms with Crippen molar-refractivity contribution < 1.29 is 9.90 Å². The molecule has 0 spiro atoms. The minimum atomic E-state index is -0.401. The van der Waals surface area contributed by atoms with Gasteiger partial charge in [-0.3, -0.25) is 4.79 Å². The molecule has 0 saturated heterocycles. The van der Waals surface area contributed by atoms with E-state index >= 15 is 0 Å². The van der Waals surface area contributed by atoms with Crippen LogP contribution >= 0.6 is 11.3 Å². The van der Waals surface area contributed by atoms with E-state index in [9.17, 15) is 9.90 Å². The number of thiophene rings is 1. The van der Waals surface area contributed by atoms with Gasteiger partial charge in [0, 0.05) is 6.42 Å². The number of nitriles is 1. The monoisotopic (exact) mass is 207 g/mol. The smallest absolute Gasteiger partial charge is 0.216 e. The van der Waals surface area contributed by atoms with E-state index in [4.69, 9.17) is 5.26 Å². The van der Waals surface area contributed by atoms with E-state index in [1.807, 2.05) is 0 Å². The highest BCUT2D eigenvalue weighted by molar-refractivity contribution is 7.12. The summed E-state index contributed by atoms with van der Waals surface area (Å²) in [6.07, 6.45) is 0.292. The summed E-state index contributed by atoms with van der Waals surface area (Å²) in [5.41, 5.74) is -0.157. The highest BCUT2D eigenvalue weighted by Crippen LogP contribution is 2.16. The number of ketones is 1. The lowest BCUT2D eigenvalue weighted by molar-refractivity contribution is 0.103. The van der Waals surface area contributed by atoms with E-state index in [2.05, 4.69) is 0 Å². The molecule has 1 N–H and O–H groups in total. The summed E-state index contributed by atoms with van der Waals surface area (Å²) < 4.78 is 0. The predicted octanol–water partition coefficient (Wildman–Crippen LogP) is 2.68. The molecule has 1 aromatic heterocycles. The molecule has 3 nitrogen and oxygen atoms in total. The molecule has 1 rings (SSSR count). The van der Waals surface area contributed by atoms with Crippen LogP contribution in [0.3, 0.4) is 0 Å². The Kier molecular flexibility index (Phi) is 3.43. The zero-order valence-corrected chi connectivity index (χ0v) is 8.47. The Morgan fingerprint density at radius 1 is 1.71 bits per heavy atom. The summed E-state index contributed by atoms with van der Waals surface area (Å²) in [5.74, 6) is -0.548.